The fourth-order valence-corrected chi connectivity index (χ4v) is 2.92. The summed E-state index contributed by atoms with van der Waals surface area (Å²) in [6.45, 7) is 0. The molecule has 0 amide bonds. The van der Waals surface area contributed by atoms with Gasteiger partial charge in [-0.3, -0.25) is 10.5 Å². The van der Waals surface area contributed by atoms with E-state index in [0.29, 0.717) is 0 Å². The topological polar surface area (TPSA) is 105 Å². The van der Waals surface area contributed by atoms with Crippen molar-refractivity contribution in [2.24, 2.45) is 4.99 Å². The van der Waals surface area contributed by atoms with E-state index in [9.17, 15) is 22.7 Å². The lowest BCUT2D eigenvalue weighted by atomic mass is 9.98. The molecule has 0 aliphatic carbocycles. The summed E-state index contributed by atoms with van der Waals surface area (Å²) in [5, 5.41) is 9.42. The number of dihydropyridines is 1. The first-order valence-electron chi connectivity index (χ1n) is 6.38. The van der Waals surface area contributed by atoms with E-state index in [4.69, 9.17) is 11.6 Å². The van der Waals surface area contributed by atoms with Crippen LogP contribution in [0, 0.1) is 5.82 Å². The van der Waals surface area contributed by atoms with Gasteiger partial charge in [0.2, 0.25) is 0 Å². The molecule has 24 heavy (non-hydrogen) atoms. The third-order valence-electron chi connectivity index (χ3n) is 3.00. The minimum atomic E-state index is -3.83. The van der Waals surface area contributed by atoms with Crippen molar-refractivity contribution in [1.82, 2.24) is 5.48 Å². The molecule has 7 nitrogen and oxygen atoms in total. The lowest BCUT2D eigenvalue weighted by Gasteiger charge is -2.23. The van der Waals surface area contributed by atoms with Crippen molar-refractivity contribution in [1.29, 1.82) is 0 Å². The number of nitrogens with one attached hydrogen (secondary N) is 1. The maximum atomic E-state index is 14.1. The van der Waals surface area contributed by atoms with Gasteiger partial charge in [0.15, 0.2) is 5.71 Å². The molecule has 130 valence electrons. The van der Waals surface area contributed by atoms with Crippen molar-refractivity contribution in [3.63, 3.8) is 0 Å². The molecule has 1 atom stereocenters. The number of benzene rings is 1. The highest BCUT2D eigenvalue weighted by atomic mass is 79.9. The Morgan fingerprint density at radius 1 is 1.54 bits per heavy atom. The van der Waals surface area contributed by atoms with Crippen LogP contribution in [-0.4, -0.2) is 31.5 Å². The van der Waals surface area contributed by atoms with Crippen molar-refractivity contribution < 1.29 is 27.0 Å². The van der Waals surface area contributed by atoms with Crippen LogP contribution in [0.2, 0.25) is 5.02 Å². The van der Waals surface area contributed by atoms with E-state index in [1.807, 2.05) is 0 Å². The molecule has 11 heteroatoms. The lowest BCUT2D eigenvalue weighted by molar-refractivity contribution is -0.129. The highest BCUT2D eigenvalue weighted by Crippen LogP contribution is 2.35. The predicted octanol–water partition coefficient (Wildman–Crippen LogP) is 2.54. The molecule has 2 rings (SSSR count). The van der Waals surface area contributed by atoms with E-state index in [2.05, 4.69) is 30.7 Å². The number of halogens is 3. The number of hydrogen-bond donors (Lipinski definition) is 2. The second-order valence-corrected chi connectivity index (χ2v) is 7.66. The van der Waals surface area contributed by atoms with Gasteiger partial charge in [-0.05, 0) is 28.1 Å². The Balaban J connectivity index is 2.41. The van der Waals surface area contributed by atoms with Crippen molar-refractivity contribution in [3.05, 3.63) is 44.8 Å². The zero-order chi connectivity index (χ0) is 18.1. The summed E-state index contributed by atoms with van der Waals surface area (Å²) < 4.78 is 40.8. The summed E-state index contributed by atoms with van der Waals surface area (Å²) in [5.41, 5.74) is 2.02. The predicted molar refractivity (Wildman–Crippen MR) is 88.9 cm³/mol. The number of carbonyl (C=O) groups is 1. The number of carboxylic acid groups (broad SMARTS) is 1. The van der Waals surface area contributed by atoms with Gasteiger partial charge >= 0.3 is 5.97 Å². The first-order chi connectivity index (χ1) is 11.1. The molecule has 2 N–H and O–H groups in total. The van der Waals surface area contributed by atoms with Crippen LogP contribution in [0.5, 0.6) is 0 Å². The minimum Gasteiger partial charge on any atom is -0.476 e. The van der Waals surface area contributed by atoms with Crippen LogP contribution >= 0.6 is 27.5 Å². The number of hydroxylamine groups is 1. The van der Waals surface area contributed by atoms with Gasteiger partial charge in [-0.1, -0.05) is 17.7 Å². The van der Waals surface area contributed by atoms with E-state index in [0.717, 1.165) is 12.3 Å². The second-order valence-electron chi connectivity index (χ2n) is 4.85. The highest BCUT2D eigenvalue weighted by Gasteiger charge is 2.29. The Morgan fingerprint density at radius 3 is 2.75 bits per heavy atom. The second kappa shape index (κ2) is 7.18. The summed E-state index contributed by atoms with van der Waals surface area (Å²) in [4.78, 5) is 15.3. The Bertz CT molecular complexity index is 856. The quantitative estimate of drug-likeness (QED) is 0.680. The van der Waals surface area contributed by atoms with Gasteiger partial charge in [-0.2, -0.15) is 12.7 Å². The highest BCUT2D eigenvalue weighted by molar-refractivity contribution is 9.12. The summed E-state index contributed by atoms with van der Waals surface area (Å²) in [5.74, 6) is -2.01. The van der Waals surface area contributed by atoms with Gasteiger partial charge in [0, 0.05) is 17.0 Å². The van der Waals surface area contributed by atoms with Crippen LogP contribution in [0.3, 0.4) is 0 Å². The first kappa shape index (κ1) is 18.8. The van der Waals surface area contributed by atoms with Crippen molar-refractivity contribution in [3.8, 4) is 0 Å². The molecule has 1 aromatic carbocycles. The van der Waals surface area contributed by atoms with Crippen LogP contribution in [-0.2, 0) is 19.2 Å². The molecular weight excluding hydrogens is 431 g/mol. The lowest BCUT2D eigenvalue weighted by Crippen LogP contribution is -2.28. The van der Waals surface area contributed by atoms with Gasteiger partial charge in [0.1, 0.15) is 5.82 Å². The van der Waals surface area contributed by atoms with Gasteiger partial charge in [0.05, 0.1) is 22.5 Å². The van der Waals surface area contributed by atoms with Gasteiger partial charge in [0.25, 0.3) is 10.1 Å². The molecule has 1 heterocycles. The van der Waals surface area contributed by atoms with Crippen LogP contribution in [0.15, 0.2) is 33.4 Å². The van der Waals surface area contributed by atoms with Crippen LogP contribution in [0.1, 0.15) is 18.0 Å². The summed E-state index contributed by atoms with van der Waals surface area (Å²) in [6.07, 6.45) is 0.811. The Hall–Kier alpha value is -1.49. The van der Waals surface area contributed by atoms with E-state index < -0.39 is 27.9 Å². The van der Waals surface area contributed by atoms with Gasteiger partial charge < -0.3 is 5.11 Å². The fraction of sp³-hybridized carbons (Fsp3) is 0.231. The van der Waals surface area contributed by atoms with E-state index in [1.54, 1.807) is 0 Å². The molecule has 0 aromatic heterocycles. The van der Waals surface area contributed by atoms with Crippen LogP contribution < -0.4 is 5.48 Å². The Labute approximate surface area is 150 Å². The van der Waals surface area contributed by atoms with Gasteiger partial charge in [-0.25, -0.2) is 9.18 Å². The number of rotatable bonds is 5. The molecule has 0 bridgehead atoms. The zero-order valence-corrected chi connectivity index (χ0v) is 15.2. The fourth-order valence-electron chi connectivity index (χ4n) is 2.00. The van der Waals surface area contributed by atoms with E-state index in [1.165, 1.54) is 12.1 Å². The summed E-state index contributed by atoms with van der Waals surface area (Å²) in [7, 11) is -3.83. The Morgan fingerprint density at radius 2 is 2.21 bits per heavy atom. The Kier molecular flexibility index (Phi) is 5.63. The number of aliphatic carboxylic acids is 1. The smallest absolute Gasteiger partial charge is 0.355 e. The number of hydrogen-bond acceptors (Lipinski definition) is 6. The maximum absolute atomic E-state index is 14.1. The average Bonchev–Trinajstić information content (AvgIpc) is 2.45. The van der Waals surface area contributed by atoms with E-state index in [-0.39, 0.29) is 32.9 Å². The largest absolute Gasteiger partial charge is 0.476 e. The zero-order valence-electron chi connectivity index (χ0n) is 12.1. The molecular formula is C13H11BrClFN2O5S. The third kappa shape index (κ3) is 4.53. The van der Waals surface area contributed by atoms with Crippen LogP contribution in [0.25, 0.3) is 0 Å². The minimum absolute atomic E-state index is 0.00850. The molecule has 1 aliphatic heterocycles. The SMILES string of the molecule is CS(=O)(=O)ONC1=C(Br)C(C(=O)O)=NC(c2ccc(Cl)cc2F)C1. The molecule has 0 saturated carbocycles. The molecule has 1 aromatic rings. The van der Waals surface area contributed by atoms with Crippen molar-refractivity contribution >= 4 is 49.3 Å². The number of nitrogens with zero attached hydrogens (tertiary/aromatic N) is 1. The standard InChI is InChI=1S/C13H11BrClFN2O5S/c1-24(21,22)23-18-10-5-9(17-12(11(10)14)13(19)20)7-3-2-6(15)4-8(7)16/h2-4,9,18H,5H2,1H3,(H,19,20). The molecule has 0 fully saturated rings. The molecule has 0 saturated heterocycles. The molecule has 1 aliphatic rings. The van der Waals surface area contributed by atoms with Crippen LogP contribution in [0.4, 0.5) is 4.39 Å². The number of carboxylic acids is 1. The first-order valence-corrected chi connectivity index (χ1v) is 9.36. The molecule has 0 radical (unpaired) electrons. The van der Waals surface area contributed by atoms with Crippen molar-refractivity contribution in [2.75, 3.05) is 6.26 Å². The maximum Gasteiger partial charge on any atom is 0.355 e. The van der Waals surface area contributed by atoms with E-state index >= 15 is 0 Å². The summed E-state index contributed by atoms with van der Waals surface area (Å²) in [6, 6.07) is 3.03. The normalized spacial score (nSPS) is 18.3. The third-order valence-corrected chi connectivity index (χ3v) is 4.47. The summed E-state index contributed by atoms with van der Waals surface area (Å²) >= 11 is 8.74. The monoisotopic (exact) mass is 440 g/mol. The average molecular weight is 442 g/mol. The van der Waals surface area contributed by atoms with Gasteiger partial charge in [-0.15, -0.1) is 0 Å². The molecule has 1 unspecified atom stereocenters. The van der Waals surface area contributed by atoms with Crippen molar-refractivity contribution in [2.45, 2.75) is 12.5 Å². The number of aliphatic imine (C=N–C) groups is 1. The molecule has 0 spiro atoms.